The van der Waals surface area contributed by atoms with Crippen molar-refractivity contribution in [3.63, 3.8) is 0 Å². The SMILES string of the molecule is CN(C)c1ccc(C=C(C=O)C=O)cc1. The molecule has 0 aromatic heterocycles. The molecular formula is C12H13NO2. The smallest absolute Gasteiger partial charge is 0.153 e. The van der Waals surface area contributed by atoms with Crippen molar-refractivity contribution < 1.29 is 9.59 Å². The number of allylic oxidation sites excluding steroid dienone is 1. The lowest BCUT2D eigenvalue weighted by Gasteiger charge is -2.11. The van der Waals surface area contributed by atoms with Crippen LogP contribution in [0.5, 0.6) is 0 Å². The van der Waals surface area contributed by atoms with Crippen molar-refractivity contribution >= 4 is 24.3 Å². The van der Waals surface area contributed by atoms with Gasteiger partial charge < -0.3 is 4.90 Å². The minimum atomic E-state index is 0.146. The number of carbonyl (C=O) groups excluding carboxylic acids is 2. The van der Waals surface area contributed by atoms with Crippen molar-refractivity contribution in [2.75, 3.05) is 19.0 Å². The molecule has 78 valence electrons. The lowest BCUT2D eigenvalue weighted by molar-refractivity contribution is -0.109. The summed E-state index contributed by atoms with van der Waals surface area (Å²) in [5.41, 5.74) is 2.06. The van der Waals surface area contributed by atoms with Crippen LogP contribution in [0.15, 0.2) is 29.8 Å². The Kier molecular flexibility index (Phi) is 3.80. The highest BCUT2D eigenvalue weighted by Crippen LogP contribution is 2.13. The first-order chi connectivity index (χ1) is 7.17. The second-order valence-electron chi connectivity index (χ2n) is 3.37. The van der Waals surface area contributed by atoms with Gasteiger partial charge in [-0.25, -0.2) is 0 Å². The molecule has 0 saturated carbocycles. The summed E-state index contributed by atoms with van der Waals surface area (Å²) in [5.74, 6) is 0. The maximum absolute atomic E-state index is 10.4. The average Bonchev–Trinajstić information content (AvgIpc) is 2.26. The van der Waals surface area contributed by atoms with Gasteiger partial charge in [0.25, 0.3) is 0 Å². The Morgan fingerprint density at radius 3 is 2.00 bits per heavy atom. The molecule has 0 aliphatic rings. The maximum Gasteiger partial charge on any atom is 0.153 e. The minimum absolute atomic E-state index is 0.146. The summed E-state index contributed by atoms with van der Waals surface area (Å²) >= 11 is 0. The molecule has 0 aliphatic carbocycles. The van der Waals surface area contributed by atoms with Crippen LogP contribution >= 0.6 is 0 Å². The van der Waals surface area contributed by atoms with E-state index < -0.39 is 0 Å². The van der Waals surface area contributed by atoms with Crippen molar-refractivity contribution in [1.82, 2.24) is 0 Å². The van der Waals surface area contributed by atoms with E-state index in [9.17, 15) is 9.59 Å². The minimum Gasteiger partial charge on any atom is -0.378 e. The van der Waals surface area contributed by atoms with Gasteiger partial charge in [0.1, 0.15) is 0 Å². The largest absolute Gasteiger partial charge is 0.378 e. The summed E-state index contributed by atoms with van der Waals surface area (Å²) in [6, 6.07) is 7.59. The van der Waals surface area contributed by atoms with Gasteiger partial charge in [-0.2, -0.15) is 0 Å². The summed E-state index contributed by atoms with van der Waals surface area (Å²) in [6.45, 7) is 0. The van der Waals surface area contributed by atoms with Crippen LogP contribution in [-0.4, -0.2) is 26.7 Å². The molecule has 0 radical (unpaired) electrons. The van der Waals surface area contributed by atoms with Gasteiger partial charge >= 0.3 is 0 Å². The molecule has 0 saturated heterocycles. The number of benzene rings is 1. The monoisotopic (exact) mass is 203 g/mol. The Morgan fingerprint density at radius 2 is 1.60 bits per heavy atom. The number of carbonyl (C=O) groups is 2. The van der Waals surface area contributed by atoms with E-state index in [1.165, 1.54) is 0 Å². The lowest BCUT2D eigenvalue weighted by Crippen LogP contribution is -2.07. The molecule has 3 nitrogen and oxygen atoms in total. The molecule has 15 heavy (non-hydrogen) atoms. The van der Waals surface area contributed by atoms with Crippen LogP contribution in [0.2, 0.25) is 0 Å². The topological polar surface area (TPSA) is 37.4 Å². The molecule has 0 bridgehead atoms. The first-order valence-corrected chi connectivity index (χ1v) is 4.57. The van der Waals surface area contributed by atoms with Crippen LogP contribution in [0.25, 0.3) is 6.08 Å². The predicted molar refractivity (Wildman–Crippen MR) is 60.9 cm³/mol. The van der Waals surface area contributed by atoms with Crippen molar-refractivity contribution in [3.05, 3.63) is 35.4 Å². The molecule has 0 N–H and O–H groups in total. The zero-order valence-electron chi connectivity index (χ0n) is 8.81. The van der Waals surface area contributed by atoms with Crippen LogP contribution in [0.4, 0.5) is 5.69 Å². The van der Waals surface area contributed by atoms with Crippen LogP contribution in [-0.2, 0) is 9.59 Å². The van der Waals surface area contributed by atoms with Crippen LogP contribution in [0.1, 0.15) is 5.56 Å². The van der Waals surface area contributed by atoms with E-state index in [-0.39, 0.29) is 5.57 Å². The number of anilines is 1. The van der Waals surface area contributed by atoms with Gasteiger partial charge in [0, 0.05) is 19.8 Å². The van der Waals surface area contributed by atoms with E-state index in [4.69, 9.17) is 0 Å². The molecule has 0 fully saturated rings. The lowest BCUT2D eigenvalue weighted by atomic mass is 10.1. The predicted octanol–water partition coefficient (Wildman–Crippen LogP) is 1.53. The van der Waals surface area contributed by atoms with Gasteiger partial charge in [-0.1, -0.05) is 12.1 Å². The fourth-order valence-electron chi connectivity index (χ4n) is 1.16. The molecule has 1 aromatic rings. The average molecular weight is 203 g/mol. The summed E-state index contributed by atoms with van der Waals surface area (Å²) < 4.78 is 0. The summed E-state index contributed by atoms with van der Waals surface area (Å²) in [6.07, 6.45) is 2.65. The molecular weight excluding hydrogens is 190 g/mol. The van der Waals surface area contributed by atoms with Crippen LogP contribution in [0, 0.1) is 0 Å². The van der Waals surface area contributed by atoms with Crippen molar-refractivity contribution in [2.45, 2.75) is 0 Å². The van der Waals surface area contributed by atoms with Gasteiger partial charge in [0.05, 0.1) is 5.57 Å². The Balaban J connectivity index is 2.94. The Morgan fingerprint density at radius 1 is 1.07 bits per heavy atom. The second-order valence-corrected chi connectivity index (χ2v) is 3.37. The molecule has 0 amide bonds. The molecule has 0 unspecified atom stereocenters. The zero-order chi connectivity index (χ0) is 11.3. The fourth-order valence-corrected chi connectivity index (χ4v) is 1.16. The molecule has 0 atom stereocenters. The van der Waals surface area contributed by atoms with Gasteiger partial charge in [-0.3, -0.25) is 9.59 Å². The molecule has 0 aliphatic heterocycles. The van der Waals surface area contributed by atoms with E-state index >= 15 is 0 Å². The normalized spacial score (nSPS) is 9.20. The van der Waals surface area contributed by atoms with Gasteiger partial charge in [0.2, 0.25) is 0 Å². The van der Waals surface area contributed by atoms with Crippen molar-refractivity contribution in [2.24, 2.45) is 0 Å². The van der Waals surface area contributed by atoms with Crippen molar-refractivity contribution in [3.8, 4) is 0 Å². The molecule has 0 heterocycles. The Bertz CT molecular complexity index is 367. The van der Waals surface area contributed by atoms with Crippen LogP contribution < -0.4 is 4.90 Å². The zero-order valence-corrected chi connectivity index (χ0v) is 8.81. The molecule has 0 spiro atoms. The van der Waals surface area contributed by atoms with Gasteiger partial charge in [0.15, 0.2) is 12.6 Å². The molecule has 1 aromatic carbocycles. The summed E-state index contributed by atoms with van der Waals surface area (Å²) in [7, 11) is 3.90. The van der Waals surface area contributed by atoms with E-state index in [1.807, 2.05) is 43.3 Å². The number of nitrogens with zero attached hydrogens (tertiary/aromatic N) is 1. The third kappa shape index (κ3) is 3.06. The molecule has 1 rings (SSSR count). The number of rotatable bonds is 4. The molecule has 3 heteroatoms. The summed E-state index contributed by atoms with van der Waals surface area (Å²) in [4.78, 5) is 22.8. The highest BCUT2D eigenvalue weighted by molar-refractivity contribution is 6.04. The first kappa shape index (κ1) is 11.2. The van der Waals surface area contributed by atoms with E-state index in [0.717, 1.165) is 11.3 Å². The van der Waals surface area contributed by atoms with Crippen LogP contribution in [0.3, 0.4) is 0 Å². The van der Waals surface area contributed by atoms with Gasteiger partial charge in [-0.05, 0) is 23.8 Å². The fraction of sp³-hybridized carbons (Fsp3) is 0.167. The van der Waals surface area contributed by atoms with Crippen molar-refractivity contribution in [1.29, 1.82) is 0 Å². The first-order valence-electron chi connectivity index (χ1n) is 4.57. The highest BCUT2D eigenvalue weighted by atomic mass is 16.1. The third-order valence-corrected chi connectivity index (χ3v) is 2.01. The number of hydrogen-bond acceptors (Lipinski definition) is 3. The Hall–Kier alpha value is -1.90. The van der Waals surface area contributed by atoms with E-state index in [2.05, 4.69) is 0 Å². The van der Waals surface area contributed by atoms with E-state index in [1.54, 1.807) is 6.08 Å². The Labute approximate surface area is 89.0 Å². The summed E-state index contributed by atoms with van der Waals surface area (Å²) in [5, 5.41) is 0. The maximum atomic E-state index is 10.4. The number of hydrogen-bond donors (Lipinski definition) is 0. The standard InChI is InChI=1S/C12H13NO2/c1-13(2)12-5-3-10(4-6-12)7-11(8-14)9-15/h3-9H,1-2H3. The number of aldehydes is 2. The van der Waals surface area contributed by atoms with E-state index in [0.29, 0.717) is 12.6 Å². The second kappa shape index (κ2) is 5.10. The highest BCUT2D eigenvalue weighted by Gasteiger charge is 1.96. The quantitative estimate of drug-likeness (QED) is 0.322. The third-order valence-electron chi connectivity index (χ3n) is 2.01. The van der Waals surface area contributed by atoms with Gasteiger partial charge in [-0.15, -0.1) is 0 Å².